The van der Waals surface area contributed by atoms with Gasteiger partial charge >= 0.3 is 0 Å². The monoisotopic (exact) mass is 212 g/mol. The number of nitrogens with zero attached hydrogens (tertiary/aromatic N) is 1. The lowest BCUT2D eigenvalue weighted by Crippen LogP contribution is -2.17. The van der Waals surface area contributed by atoms with E-state index in [0.717, 1.165) is 18.1 Å². The van der Waals surface area contributed by atoms with E-state index in [2.05, 4.69) is 23.2 Å². The van der Waals surface area contributed by atoms with E-state index in [0.29, 0.717) is 0 Å². The summed E-state index contributed by atoms with van der Waals surface area (Å²) in [6, 6.07) is 5.99. The molecule has 0 aliphatic rings. The summed E-state index contributed by atoms with van der Waals surface area (Å²) in [7, 11) is 4.08. The van der Waals surface area contributed by atoms with E-state index in [4.69, 9.17) is 11.6 Å². The van der Waals surface area contributed by atoms with Crippen molar-refractivity contribution in [2.45, 2.75) is 13.5 Å². The van der Waals surface area contributed by atoms with Crippen LogP contribution in [0.2, 0.25) is 5.02 Å². The second kappa shape index (κ2) is 5.23. The van der Waals surface area contributed by atoms with Crippen LogP contribution < -0.4 is 10.2 Å². The van der Waals surface area contributed by atoms with Gasteiger partial charge in [0.2, 0.25) is 0 Å². The molecule has 0 spiro atoms. The predicted molar refractivity (Wildman–Crippen MR) is 63.2 cm³/mol. The van der Waals surface area contributed by atoms with Crippen LogP contribution in [0.15, 0.2) is 18.2 Å². The first-order chi connectivity index (χ1) is 6.65. The summed E-state index contributed by atoms with van der Waals surface area (Å²) in [4.78, 5) is 2.10. The summed E-state index contributed by atoms with van der Waals surface area (Å²) in [5, 5.41) is 4.10. The minimum Gasteiger partial charge on any atom is -0.377 e. The molecule has 0 bridgehead atoms. The van der Waals surface area contributed by atoms with Gasteiger partial charge < -0.3 is 10.2 Å². The minimum absolute atomic E-state index is 0.795. The number of anilines is 1. The summed E-state index contributed by atoms with van der Waals surface area (Å²) in [6.07, 6.45) is 0. The molecule has 0 aliphatic heterocycles. The smallest absolute Gasteiger partial charge is 0.0410 e. The first-order valence-electron chi connectivity index (χ1n) is 4.81. The van der Waals surface area contributed by atoms with Crippen LogP contribution in [0.3, 0.4) is 0 Å². The van der Waals surface area contributed by atoms with Crippen molar-refractivity contribution < 1.29 is 0 Å². The molecule has 1 aromatic carbocycles. The molecule has 0 atom stereocenters. The van der Waals surface area contributed by atoms with Crippen molar-refractivity contribution >= 4 is 17.3 Å². The van der Waals surface area contributed by atoms with E-state index in [-0.39, 0.29) is 0 Å². The molecule has 0 aromatic heterocycles. The van der Waals surface area contributed by atoms with Crippen LogP contribution in [-0.4, -0.2) is 20.6 Å². The Morgan fingerprint density at radius 3 is 2.64 bits per heavy atom. The molecular formula is C11H17ClN2. The highest BCUT2D eigenvalue weighted by Gasteiger charge is 2.04. The number of rotatable bonds is 4. The summed E-state index contributed by atoms with van der Waals surface area (Å²) >= 11 is 5.95. The van der Waals surface area contributed by atoms with Crippen LogP contribution in [0, 0.1) is 0 Å². The topological polar surface area (TPSA) is 15.3 Å². The van der Waals surface area contributed by atoms with Gasteiger partial charge in [0.25, 0.3) is 0 Å². The Kier molecular flexibility index (Phi) is 4.23. The number of benzene rings is 1. The fourth-order valence-electron chi connectivity index (χ4n) is 1.39. The Labute approximate surface area is 90.9 Å². The molecule has 0 aliphatic carbocycles. The summed E-state index contributed by atoms with van der Waals surface area (Å²) < 4.78 is 0. The molecule has 14 heavy (non-hydrogen) atoms. The fourth-order valence-corrected chi connectivity index (χ4v) is 1.59. The standard InChI is InChI=1S/C11H17ClN2/c1-4-13-8-9-7-10(12)5-6-11(9)14(2)3/h5-7,13H,4,8H2,1-3H3. The first kappa shape index (κ1) is 11.3. The molecule has 0 unspecified atom stereocenters. The Morgan fingerprint density at radius 1 is 1.36 bits per heavy atom. The SMILES string of the molecule is CCNCc1cc(Cl)ccc1N(C)C. The van der Waals surface area contributed by atoms with Crippen LogP contribution in [0.25, 0.3) is 0 Å². The van der Waals surface area contributed by atoms with Gasteiger partial charge in [-0.15, -0.1) is 0 Å². The fraction of sp³-hybridized carbons (Fsp3) is 0.455. The predicted octanol–water partition coefficient (Wildman–Crippen LogP) is 2.52. The van der Waals surface area contributed by atoms with Crippen LogP contribution >= 0.6 is 11.6 Å². The van der Waals surface area contributed by atoms with Crippen molar-refractivity contribution in [1.29, 1.82) is 0 Å². The molecule has 78 valence electrons. The summed E-state index contributed by atoms with van der Waals surface area (Å²) in [5.41, 5.74) is 2.46. The van der Waals surface area contributed by atoms with Crippen molar-refractivity contribution in [3.05, 3.63) is 28.8 Å². The highest BCUT2D eigenvalue weighted by atomic mass is 35.5. The molecule has 0 amide bonds. The lowest BCUT2D eigenvalue weighted by molar-refractivity contribution is 0.725. The Hall–Kier alpha value is -0.730. The van der Waals surface area contributed by atoms with Crippen LogP contribution in [-0.2, 0) is 6.54 Å². The molecule has 0 saturated carbocycles. The average molecular weight is 213 g/mol. The Balaban J connectivity index is 2.91. The minimum atomic E-state index is 0.795. The molecule has 0 radical (unpaired) electrons. The van der Waals surface area contributed by atoms with Gasteiger partial charge in [-0.2, -0.15) is 0 Å². The molecule has 1 N–H and O–H groups in total. The van der Waals surface area contributed by atoms with Crippen LogP contribution in [0.5, 0.6) is 0 Å². The number of hydrogen-bond donors (Lipinski definition) is 1. The van der Waals surface area contributed by atoms with E-state index in [1.165, 1.54) is 11.3 Å². The summed E-state index contributed by atoms with van der Waals surface area (Å²) in [5.74, 6) is 0. The van der Waals surface area contributed by atoms with Crippen molar-refractivity contribution in [1.82, 2.24) is 5.32 Å². The lowest BCUT2D eigenvalue weighted by Gasteiger charge is -2.17. The zero-order valence-corrected chi connectivity index (χ0v) is 9.73. The maximum atomic E-state index is 5.95. The zero-order chi connectivity index (χ0) is 10.6. The molecule has 0 heterocycles. The van der Waals surface area contributed by atoms with Crippen molar-refractivity contribution in [2.24, 2.45) is 0 Å². The highest BCUT2D eigenvalue weighted by molar-refractivity contribution is 6.30. The molecular weight excluding hydrogens is 196 g/mol. The van der Waals surface area contributed by atoms with E-state index in [1.54, 1.807) is 0 Å². The summed E-state index contributed by atoms with van der Waals surface area (Å²) in [6.45, 7) is 3.93. The second-order valence-corrected chi connectivity index (χ2v) is 3.88. The Bertz CT molecular complexity index is 297. The Morgan fingerprint density at radius 2 is 2.07 bits per heavy atom. The highest BCUT2D eigenvalue weighted by Crippen LogP contribution is 2.22. The van der Waals surface area contributed by atoms with Gasteiger partial charge in [0, 0.05) is 31.4 Å². The largest absolute Gasteiger partial charge is 0.377 e. The van der Waals surface area contributed by atoms with Gasteiger partial charge in [0.05, 0.1) is 0 Å². The molecule has 2 nitrogen and oxygen atoms in total. The van der Waals surface area contributed by atoms with Crippen LogP contribution in [0.4, 0.5) is 5.69 Å². The maximum absolute atomic E-state index is 5.95. The number of halogens is 1. The molecule has 1 aromatic rings. The van der Waals surface area contributed by atoms with Gasteiger partial charge in [0.15, 0.2) is 0 Å². The van der Waals surface area contributed by atoms with Gasteiger partial charge in [-0.05, 0) is 30.3 Å². The molecule has 3 heteroatoms. The first-order valence-corrected chi connectivity index (χ1v) is 5.19. The van der Waals surface area contributed by atoms with Gasteiger partial charge in [-0.3, -0.25) is 0 Å². The number of nitrogens with one attached hydrogen (secondary N) is 1. The van der Waals surface area contributed by atoms with E-state index in [9.17, 15) is 0 Å². The normalized spacial score (nSPS) is 10.3. The zero-order valence-electron chi connectivity index (χ0n) is 8.97. The quantitative estimate of drug-likeness (QED) is 0.825. The third-order valence-electron chi connectivity index (χ3n) is 2.09. The number of hydrogen-bond acceptors (Lipinski definition) is 2. The van der Waals surface area contributed by atoms with Gasteiger partial charge in [0.1, 0.15) is 0 Å². The van der Waals surface area contributed by atoms with E-state index >= 15 is 0 Å². The van der Waals surface area contributed by atoms with Crippen molar-refractivity contribution in [3.63, 3.8) is 0 Å². The molecule has 0 saturated heterocycles. The van der Waals surface area contributed by atoms with Crippen molar-refractivity contribution in [3.8, 4) is 0 Å². The van der Waals surface area contributed by atoms with Crippen molar-refractivity contribution in [2.75, 3.05) is 25.5 Å². The maximum Gasteiger partial charge on any atom is 0.0410 e. The van der Waals surface area contributed by atoms with E-state index < -0.39 is 0 Å². The lowest BCUT2D eigenvalue weighted by atomic mass is 10.1. The van der Waals surface area contributed by atoms with Crippen LogP contribution in [0.1, 0.15) is 12.5 Å². The average Bonchev–Trinajstić information content (AvgIpc) is 2.14. The van der Waals surface area contributed by atoms with Gasteiger partial charge in [-0.1, -0.05) is 18.5 Å². The van der Waals surface area contributed by atoms with Gasteiger partial charge in [-0.25, -0.2) is 0 Å². The second-order valence-electron chi connectivity index (χ2n) is 3.45. The molecule has 0 fully saturated rings. The molecule has 1 rings (SSSR count). The third kappa shape index (κ3) is 2.89. The third-order valence-corrected chi connectivity index (χ3v) is 2.32. The van der Waals surface area contributed by atoms with E-state index in [1.807, 2.05) is 26.2 Å².